The highest BCUT2D eigenvalue weighted by molar-refractivity contribution is 7.14. The van der Waals surface area contributed by atoms with Crippen molar-refractivity contribution < 1.29 is 19.1 Å². The third-order valence-corrected chi connectivity index (χ3v) is 5.21. The molecule has 1 atom stereocenters. The number of carbonyl (C=O) groups excluding carboxylic acids is 3. The third kappa shape index (κ3) is 5.51. The van der Waals surface area contributed by atoms with Gasteiger partial charge in [-0.25, -0.2) is 4.79 Å². The predicted octanol–water partition coefficient (Wildman–Crippen LogP) is 2.91. The van der Waals surface area contributed by atoms with Gasteiger partial charge >= 0.3 is 5.97 Å². The Hall–Kier alpha value is -2.45. The zero-order valence-corrected chi connectivity index (χ0v) is 17.0. The van der Waals surface area contributed by atoms with Crippen LogP contribution in [0.1, 0.15) is 39.7 Å². The summed E-state index contributed by atoms with van der Waals surface area (Å²) in [4.78, 5) is 36.7. The summed E-state index contributed by atoms with van der Waals surface area (Å²) in [5.74, 6) is -1.09. The Kier molecular flexibility index (Phi) is 6.92. The van der Waals surface area contributed by atoms with Crippen molar-refractivity contribution in [3.63, 3.8) is 0 Å². The summed E-state index contributed by atoms with van der Waals surface area (Å²) in [7, 11) is 1.70. The van der Waals surface area contributed by atoms with Gasteiger partial charge in [-0.15, -0.1) is 11.3 Å². The molecule has 27 heavy (non-hydrogen) atoms. The molecule has 2 aromatic rings. The molecule has 144 valence electrons. The molecule has 0 bridgehead atoms. The Morgan fingerprint density at radius 2 is 2.11 bits per heavy atom. The highest BCUT2D eigenvalue weighted by Gasteiger charge is 2.20. The van der Waals surface area contributed by atoms with Gasteiger partial charge in [0.2, 0.25) is 11.7 Å². The number of ether oxygens (including phenoxy) is 1. The van der Waals surface area contributed by atoms with Gasteiger partial charge < -0.3 is 10.1 Å². The molecule has 0 aliphatic heterocycles. The van der Waals surface area contributed by atoms with Crippen LogP contribution in [-0.2, 0) is 27.9 Å². The number of rotatable bonds is 7. The van der Waals surface area contributed by atoms with Gasteiger partial charge in [-0.05, 0) is 32.1 Å². The lowest BCUT2D eigenvalue weighted by Gasteiger charge is -2.09. The van der Waals surface area contributed by atoms with Crippen molar-refractivity contribution in [2.75, 3.05) is 0 Å². The van der Waals surface area contributed by atoms with Crippen molar-refractivity contribution in [2.24, 2.45) is 7.05 Å². The maximum absolute atomic E-state index is 12.4. The number of aryl methyl sites for hydroxylation is 2. The Morgan fingerprint density at radius 1 is 1.41 bits per heavy atom. The third-order valence-electron chi connectivity index (χ3n) is 3.66. The van der Waals surface area contributed by atoms with E-state index in [4.69, 9.17) is 16.3 Å². The molecule has 0 radical (unpaired) electrons. The number of thiophene rings is 1. The molecule has 7 nitrogen and oxygen atoms in total. The summed E-state index contributed by atoms with van der Waals surface area (Å²) < 4.78 is 6.68. The fourth-order valence-corrected chi connectivity index (χ4v) is 3.47. The van der Waals surface area contributed by atoms with Crippen molar-refractivity contribution >= 4 is 46.7 Å². The van der Waals surface area contributed by atoms with Crippen molar-refractivity contribution in [1.29, 1.82) is 0 Å². The van der Waals surface area contributed by atoms with Crippen molar-refractivity contribution in [3.05, 3.63) is 44.4 Å². The first-order valence-electron chi connectivity index (χ1n) is 8.14. The molecule has 0 aromatic carbocycles. The fourth-order valence-electron chi connectivity index (χ4n) is 2.27. The van der Waals surface area contributed by atoms with Crippen LogP contribution in [0.2, 0.25) is 5.15 Å². The minimum atomic E-state index is -0.931. The van der Waals surface area contributed by atoms with Crippen molar-refractivity contribution in [1.82, 2.24) is 15.1 Å². The van der Waals surface area contributed by atoms with Crippen LogP contribution in [0.15, 0.2) is 18.2 Å². The van der Waals surface area contributed by atoms with E-state index in [0.29, 0.717) is 27.8 Å². The van der Waals surface area contributed by atoms with E-state index in [1.165, 1.54) is 42.0 Å². The first-order valence-corrected chi connectivity index (χ1v) is 9.33. The molecule has 9 heteroatoms. The molecule has 0 saturated carbocycles. The highest BCUT2D eigenvalue weighted by atomic mass is 35.5. The molecule has 0 aliphatic carbocycles. The Bertz CT molecular complexity index is 901. The molecule has 0 spiro atoms. The first kappa shape index (κ1) is 20.9. The highest BCUT2D eigenvalue weighted by Crippen LogP contribution is 2.21. The normalized spacial score (nSPS) is 12.2. The quantitative estimate of drug-likeness (QED) is 0.431. The smallest absolute Gasteiger partial charge is 0.331 e. The zero-order valence-electron chi connectivity index (χ0n) is 15.4. The van der Waals surface area contributed by atoms with Crippen LogP contribution in [0.25, 0.3) is 6.08 Å². The summed E-state index contributed by atoms with van der Waals surface area (Å²) in [5.41, 5.74) is 1.30. The number of hydrogen-bond acceptors (Lipinski definition) is 6. The molecule has 1 N–H and O–H groups in total. The topological polar surface area (TPSA) is 90.3 Å². The number of nitrogens with zero attached hydrogens (tertiary/aromatic N) is 2. The van der Waals surface area contributed by atoms with Gasteiger partial charge in [0, 0.05) is 30.5 Å². The largest absolute Gasteiger partial charge is 0.451 e. The Balaban J connectivity index is 1.96. The summed E-state index contributed by atoms with van der Waals surface area (Å²) >= 11 is 7.35. The lowest BCUT2D eigenvalue weighted by molar-refractivity contribution is -0.140. The summed E-state index contributed by atoms with van der Waals surface area (Å²) in [6.45, 7) is 5.08. The van der Waals surface area contributed by atoms with E-state index >= 15 is 0 Å². The molecule has 0 saturated heterocycles. The van der Waals surface area contributed by atoms with E-state index in [1.807, 2.05) is 0 Å². The number of nitrogens with one attached hydrogen (secondary N) is 1. The van der Waals surface area contributed by atoms with Gasteiger partial charge in [0.1, 0.15) is 5.15 Å². The standard InChI is InChI=1S/C18H20ClN3O4S/c1-10-14(18(19)22(4)21-10)6-8-16(24)26-11(2)17(25)15-7-5-13(27-15)9-20-12(3)23/h5-8,11H,9H2,1-4H3,(H,20,23)/b8-6+. The molecule has 1 unspecified atom stereocenters. The van der Waals surface area contributed by atoms with E-state index in [2.05, 4.69) is 10.4 Å². The summed E-state index contributed by atoms with van der Waals surface area (Å²) in [5, 5.41) is 7.22. The van der Waals surface area contributed by atoms with Crippen LogP contribution in [0.4, 0.5) is 0 Å². The number of halogens is 1. The number of carbonyl (C=O) groups is 3. The number of hydrogen-bond donors (Lipinski definition) is 1. The number of ketones is 1. The molecule has 2 rings (SSSR count). The van der Waals surface area contributed by atoms with Gasteiger partial charge in [0.15, 0.2) is 6.10 Å². The molecule has 0 aliphatic rings. The molecular formula is C18H20ClN3O4S. The molecular weight excluding hydrogens is 390 g/mol. The van der Waals surface area contributed by atoms with E-state index < -0.39 is 12.1 Å². The maximum atomic E-state index is 12.4. The minimum Gasteiger partial charge on any atom is -0.451 e. The molecule has 1 amide bonds. The molecule has 2 heterocycles. The zero-order chi connectivity index (χ0) is 20.1. The summed E-state index contributed by atoms with van der Waals surface area (Å²) in [6, 6.07) is 3.42. The minimum absolute atomic E-state index is 0.144. The monoisotopic (exact) mass is 409 g/mol. The van der Waals surface area contributed by atoms with Gasteiger partial charge in [0.25, 0.3) is 0 Å². The van der Waals surface area contributed by atoms with E-state index in [1.54, 1.807) is 26.1 Å². The molecule has 2 aromatic heterocycles. The van der Waals surface area contributed by atoms with E-state index in [-0.39, 0.29) is 11.7 Å². The number of Topliss-reactive ketones (excluding diaryl/α,β-unsaturated/α-hetero) is 1. The predicted molar refractivity (Wildman–Crippen MR) is 104 cm³/mol. The van der Waals surface area contributed by atoms with Crippen LogP contribution >= 0.6 is 22.9 Å². The van der Waals surface area contributed by atoms with E-state index in [9.17, 15) is 14.4 Å². The fraction of sp³-hybridized carbons (Fsp3) is 0.333. The van der Waals surface area contributed by atoms with Gasteiger partial charge in [-0.1, -0.05) is 11.6 Å². The SMILES string of the molecule is CC(=O)NCc1ccc(C(=O)C(C)OC(=O)/C=C/c2c(C)nn(C)c2Cl)s1. The maximum Gasteiger partial charge on any atom is 0.331 e. The number of esters is 1. The number of aromatic nitrogens is 2. The summed E-state index contributed by atoms with van der Waals surface area (Å²) in [6.07, 6.45) is 1.80. The van der Waals surface area contributed by atoms with Crippen LogP contribution in [0.3, 0.4) is 0 Å². The second-order valence-corrected chi connectivity index (χ2v) is 7.39. The van der Waals surface area contributed by atoms with Gasteiger partial charge in [0.05, 0.1) is 17.1 Å². The average molecular weight is 410 g/mol. The lowest BCUT2D eigenvalue weighted by atomic mass is 10.2. The van der Waals surface area contributed by atoms with Crippen LogP contribution in [-0.4, -0.2) is 33.5 Å². The Morgan fingerprint density at radius 3 is 2.70 bits per heavy atom. The molecule has 0 fully saturated rings. The first-order chi connectivity index (χ1) is 12.7. The second-order valence-electron chi connectivity index (χ2n) is 5.87. The Labute approximate surface area is 166 Å². The average Bonchev–Trinajstić information content (AvgIpc) is 3.16. The van der Waals surface area contributed by atoms with E-state index in [0.717, 1.165) is 4.88 Å². The van der Waals surface area contributed by atoms with Gasteiger partial charge in [-0.2, -0.15) is 5.10 Å². The lowest BCUT2D eigenvalue weighted by Crippen LogP contribution is -2.22. The van der Waals surface area contributed by atoms with Crippen molar-refractivity contribution in [3.8, 4) is 0 Å². The van der Waals surface area contributed by atoms with Crippen molar-refractivity contribution in [2.45, 2.75) is 33.4 Å². The van der Waals surface area contributed by atoms with Crippen LogP contribution in [0.5, 0.6) is 0 Å². The second kappa shape index (κ2) is 8.96. The number of amides is 1. The van der Waals surface area contributed by atoms with Gasteiger partial charge in [-0.3, -0.25) is 14.3 Å². The van der Waals surface area contributed by atoms with Crippen LogP contribution < -0.4 is 5.32 Å². The van der Waals surface area contributed by atoms with Crippen LogP contribution in [0, 0.1) is 6.92 Å².